The number of hydrogen-bond acceptors (Lipinski definition) is 5. The van der Waals surface area contributed by atoms with Crippen molar-refractivity contribution in [2.24, 2.45) is 0 Å². The minimum Gasteiger partial charge on any atom is -0.497 e. The van der Waals surface area contributed by atoms with E-state index in [-0.39, 0.29) is 6.04 Å². The standard InChI is InChI=1S/C13H17N3OS/c1-16(2)12(11-8-15-13(14)18-11)9-4-6-10(17-3)7-5-9/h4-8,12H,1-3H3,(H2,14,15). The molecule has 0 aliphatic carbocycles. The van der Waals surface area contributed by atoms with Gasteiger partial charge in [0.1, 0.15) is 5.75 Å². The Morgan fingerprint density at radius 3 is 2.39 bits per heavy atom. The lowest BCUT2D eigenvalue weighted by atomic mass is 10.0. The molecule has 1 aromatic carbocycles. The smallest absolute Gasteiger partial charge is 0.180 e. The van der Waals surface area contributed by atoms with Crippen molar-refractivity contribution in [2.75, 3.05) is 26.9 Å². The molecule has 5 heteroatoms. The predicted molar refractivity (Wildman–Crippen MR) is 75.1 cm³/mol. The summed E-state index contributed by atoms with van der Waals surface area (Å²) < 4.78 is 5.18. The van der Waals surface area contributed by atoms with Gasteiger partial charge in [-0.25, -0.2) is 4.98 Å². The number of rotatable bonds is 4. The summed E-state index contributed by atoms with van der Waals surface area (Å²) in [5.74, 6) is 0.861. The number of thiazole rings is 1. The average Bonchev–Trinajstić information content (AvgIpc) is 2.76. The number of methoxy groups -OCH3 is 1. The summed E-state index contributed by atoms with van der Waals surface area (Å²) in [5.41, 5.74) is 6.91. The average molecular weight is 263 g/mol. The molecule has 96 valence electrons. The van der Waals surface area contributed by atoms with Crippen LogP contribution >= 0.6 is 11.3 Å². The number of nitrogens with two attached hydrogens (primary N) is 1. The fraction of sp³-hybridized carbons (Fsp3) is 0.308. The second-order valence-electron chi connectivity index (χ2n) is 4.24. The van der Waals surface area contributed by atoms with Gasteiger partial charge < -0.3 is 10.5 Å². The molecule has 1 aromatic heterocycles. The summed E-state index contributed by atoms with van der Waals surface area (Å²) in [6.07, 6.45) is 1.84. The van der Waals surface area contributed by atoms with E-state index in [1.54, 1.807) is 7.11 Å². The molecule has 1 atom stereocenters. The van der Waals surface area contributed by atoms with Crippen LogP contribution in [0.1, 0.15) is 16.5 Å². The lowest BCUT2D eigenvalue weighted by Crippen LogP contribution is -2.20. The predicted octanol–water partition coefficient (Wildman–Crippen LogP) is 2.38. The van der Waals surface area contributed by atoms with Crippen molar-refractivity contribution in [3.63, 3.8) is 0 Å². The van der Waals surface area contributed by atoms with Gasteiger partial charge in [-0.05, 0) is 31.8 Å². The van der Waals surface area contributed by atoms with Crippen LogP contribution in [0.5, 0.6) is 5.75 Å². The van der Waals surface area contributed by atoms with Crippen LogP contribution in [0, 0.1) is 0 Å². The van der Waals surface area contributed by atoms with Crippen LogP contribution in [0.2, 0.25) is 0 Å². The number of nitrogen functional groups attached to an aromatic ring is 1. The molecule has 0 radical (unpaired) electrons. The van der Waals surface area contributed by atoms with Crippen molar-refractivity contribution >= 4 is 16.5 Å². The van der Waals surface area contributed by atoms with Gasteiger partial charge in [0.05, 0.1) is 13.2 Å². The third-order valence-corrected chi connectivity index (χ3v) is 3.64. The summed E-state index contributed by atoms with van der Waals surface area (Å²) in [5, 5.41) is 0.602. The maximum Gasteiger partial charge on any atom is 0.180 e. The molecule has 0 aliphatic rings. The number of aromatic nitrogens is 1. The van der Waals surface area contributed by atoms with Crippen molar-refractivity contribution in [2.45, 2.75) is 6.04 Å². The Morgan fingerprint density at radius 1 is 1.28 bits per heavy atom. The zero-order valence-electron chi connectivity index (χ0n) is 10.8. The van der Waals surface area contributed by atoms with Crippen LogP contribution in [0.25, 0.3) is 0 Å². The zero-order valence-corrected chi connectivity index (χ0v) is 11.6. The van der Waals surface area contributed by atoms with Crippen LogP contribution in [0.15, 0.2) is 30.5 Å². The van der Waals surface area contributed by atoms with Gasteiger partial charge in [-0.2, -0.15) is 0 Å². The van der Waals surface area contributed by atoms with Crippen molar-refractivity contribution in [1.82, 2.24) is 9.88 Å². The molecule has 0 saturated heterocycles. The molecule has 4 nitrogen and oxygen atoms in total. The summed E-state index contributed by atoms with van der Waals surface area (Å²) in [7, 11) is 5.76. The summed E-state index contributed by atoms with van der Waals surface area (Å²) >= 11 is 1.52. The van der Waals surface area contributed by atoms with E-state index in [9.17, 15) is 0 Å². The fourth-order valence-electron chi connectivity index (χ4n) is 1.93. The lowest BCUT2D eigenvalue weighted by molar-refractivity contribution is 0.345. The Labute approximate surface area is 111 Å². The lowest BCUT2D eigenvalue weighted by Gasteiger charge is -2.23. The molecule has 0 amide bonds. The topological polar surface area (TPSA) is 51.4 Å². The summed E-state index contributed by atoms with van der Waals surface area (Å²) in [6, 6.07) is 8.25. The first-order chi connectivity index (χ1) is 8.61. The van der Waals surface area contributed by atoms with E-state index in [1.807, 2.05) is 32.4 Å². The molecular formula is C13H17N3OS. The van der Waals surface area contributed by atoms with Crippen LogP contribution in [0.4, 0.5) is 5.13 Å². The fourth-order valence-corrected chi connectivity index (χ4v) is 2.84. The minimum atomic E-state index is 0.172. The molecule has 2 aromatic rings. The van der Waals surface area contributed by atoms with Crippen molar-refractivity contribution < 1.29 is 4.74 Å². The highest BCUT2D eigenvalue weighted by Gasteiger charge is 2.19. The zero-order chi connectivity index (χ0) is 13.1. The van der Waals surface area contributed by atoms with E-state index in [2.05, 4.69) is 22.0 Å². The Balaban J connectivity index is 2.35. The van der Waals surface area contributed by atoms with E-state index in [1.165, 1.54) is 16.9 Å². The molecule has 1 heterocycles. The third kappa shape index (κ3) is 2.63. The molecule has 2 rings (SSSR count). The van der Waals surface area contributed by atoms with E-state index in [0.29, 0.717) is 5.13 Å². The van der Waals surface area contributed by atoms with Gasteiger partial charge >= 0.3 is 0 Å². The largest absolute Gasteiger partial charge is 0.497 e. The van der Waals surface area contributed by atoms with Crippen molar-refractivity contribution in [1.29, 1.82) is 0 Å². The first-order valence-corrected chi connectivity index (χ1v) is 6.45. The molecule has 0 aliphatic heterocycles. The normalized spacial score (nSPS) is 12.7. The maximum absolute atomic E-state index is 5.71. The quantitative estimate of drug-likeness (QED) is 0.920. The number of benzene rings is 1. The molecule has 2 N–H and O–H groups in total. The van der Waals surface area contributed by atoms with Crippen molar-refractivity contribution in [3.05, 3.63) is 40.9 Å². The monoisotopic (exact) mass is 263 g/mol. The van der Waals surface area contributed by atoms with E-state index in [0.717, 1.165) is 10.6 Å². The van der Waals surface area contributed by atoms with Gasteiger partial charge in [-0.15, -0.1) is 11.3 Å². The summed E-state index contributed by atoms with van der Waals surface area (Å²) in [4.78, 5) is 7.41. The highest BCUT2D eigenvalue weighted by atomic mass is 32.1. The number of anilines is 1. The van der Waals surface area contributed by atoms with Gasteiger partial charge in [0.2, 0.25) is 0 Å². The Morgan fingerprint density at radius 2 is 1.94 bits per heavy atom. The van der Waals surface area contributed by atoms with E-state index < -0.39 is 0 Å². The molecule has 0 spiro atoms. The van der Waals surface area contributed by atoms with Gasteiger partial charge in [-0.3, -0.25) is 4.90 Å². The highest BCUT2D eigenvalue weighted by molar-refractivity contribution is 7.15. The molecule has 18 heavy (non-hydrogen) atoms. The minimum absolute atomic E-state index is 0.172. The van der Waals surface area contributed by atoms with E-state index in [4.69, 9.17) is 10.5 Å². The van der Waals surface area contributed by atoms with Gasteiger partial charge in [-0.1, -0.05) is 12.1 Å². The Kier molecular flexibility index (Phi) is 3.84. The van der Waals surface area contributed by atoms with E-state index >= 15 is 0 Å². The second kappa shape index (κ2) is 5.37. The SMILES string of the molecule is COc1ccc(C(c2cnc(N)s2)N(C)C)cc1. The number of nitrogens with zero attached hydrogens (tertiary/aromatic N) is 2. The van der Waals surface area contributed by atoms with Gasteiger partial charge in [0, 0.05) is 11.1 Å². The number of ether oxygens (including phenoxy) is 1. The van der Waals surface area contributed by atoms with Crippen molar-refractivity contribution in [3.8, 4) is 5.75 Å². The maximum atomic E-state index is 5.71. The molecule has 0 bridgehead atoms. The molecule has 0 fully saturated rings. The molecule has 1 unspecified atom stereocenters. The van der Waals surface area contributed by atoms with Crippen LogP contribution in [0.3, 0.4) is 0 Å². The molecular weight excluding hydrogens is 246 g/mol. The number of hydrogen-bond donors (Lipinski definition) is 1. The summed E-state index contributed by atoms with van der Waals surface area (Å²) in [6.45, 7) is 0. The first-order valence-electron chi connectivity index (χ1n) is 5.63. The third-order valence-electron chi connectivity index (χ3n) is 2.76. The van der Waals surface area contributed by atoms with Gasteiger partial charge in [0.15, 0.2) is 5.13 Å². The van der Waals surface area contributed by atoms with Gasteiger partial charge in [0.25, 0.3) is 0 Å². The second-order valence-corrected chi connectivity index (χ2v) is 5.33. The highest BCUT2D eigenvalue weighted by Crippen LogP contribution is 2.32. The van der Waals surface area contributed by atoms with Crippen LogP contribution in [-0.2, 0) is 0 Å². The first kappa shape index (κ1) is 12.9. The Hall–Kier alpha value is -1.59. The molecule has 0 saturated carbocycles. The van der Waals surface area contributed by atoms with Crippen LogP contribution < -0.4 is 10.5 Å². The Bertz CT molecular complexity index is 507. The van der Waals surface area contributed by atoms with Crippen LogP contribution in [-0.4, -0.2) is 31.1 Å².